The van der Waals surface area contributed by atoms with Crippen LogP contribution in [-0.4, -0.2) is 25.7 Å². The molecule has 0 spiro atoms. The number of fused-ring (bicyclic) bond motifs is 1. The Bertz CT molecular complexity index is 935. The second kappa shape index (κ2) is 6.62. The van der Waals surface area contributed by atoms with Crippen molar-refractivity contribution in [3.8, 4) is 11.6 Å². The molecule has 0 radical (unpaired) electrons. The smallest absolute Gasteiger partial charge is 0.438 e. The Morgan fingerprint density at radius 1 is 1.12 bits per heavy atom. The highest BCUT2D eigenvalue weighted by Gasteiger charge is 2.37. The summed E-state index contributed by atoms with van der Waals surface area (Å²) < 4.78 is 44.7. The van der Waals surface area contributed by atoms with Gasteiger partial charge in [-0.1, -0.05) is 13.8 Å². The molecule has 0 aliphatic rings. The monoisotopic (exact) mass is 365 g/mol. The molecule has 0 saturated carbocycles. The second-order valence-electron chi connectivity index (χ2n) is 5.73. The maximum Gasteiger partial charge on any atom is 0.453 e. The van der Waals surface area contributed by atoms with Crippen LogP contribution in [-0.2, 0) is 11.0 Å². The minimum absolute atomic E-state index is 0.0450. The predicted molar refractivity (Wildman–Crippen MR) is 85.8 cm³/mol. The largest absolute Gasteiger partial charge is 0.453 e. The fourth-order valence-corrected chi connectivity index (χ4v) is 2.02. The topological polar surface area (TPSA) is 81.4 Å². The van der Waals surface area contributed by atoms with E-state index in [-0.39, 0.29) is 23.4 Å². The van der Waals surface area contributed by atoms with Crippen LogP contribution >= 0.6 is 0 Å². The lowest BCUT2D eigenvalue weighted by Gasteiger charge is -2.09. The van der Waals surface area contributed by atoms with Crippen LogP contribution in [0.25, 0.3) is 5.65 Å². The number of halogens is 3. The number of ether oxygens (including phenoxy) is 1. The van der Waals surface area contributed by atoms with Crippen molar-refractivity contribution in [2.45, 2.75) is 20.0 Å². The number of hydrogen-bond donors (Lipinski definition) is 1. The van der Waals surface area contributed by atoms with E-state index >= 15 is 0 Å². The number of rotatable bonds is 4. The summed E-state index contributed by atoms with van der Waals surface area (Å²) in [5, 5.41) is 13.0. The molecule has 26 heavy (non-hydrogen) atoms. The first-order valence-electron chi connectivity index (χ1n) is 7.62. The molecule has 0 unspecified atom stereocenters. The molecule has 2 aromatic heterocycles. The van der Waals surface area contributed by atoms with Crippen molar-refractivity contribution in [2.75, 3.05) is 5.32 Å². The van der Waals surface area contributed by atoms with Crippen molar-refractivity contribution in [2.24, 2.45) is 5.92 Å². The fourth-order valence-electron chi connectivity index (χ4n) is 2.02. The normalized spacial score (nSPS) is 11.8. The van der Waals surface area contributed by atoms with Gasteiger partial charge in [0.15, 0.2) is 5.65 Å². The van der Waals surface area contributed by atoms with Gasteiger partial charge in [0.2, 0.25) is 11.8 Å². The number of aromatic nitrogens is 4. The number of anilines is 1. The Hall–Kier alpha value is -3.17. The van der Waals surface area contributed by atoms with Crippen LogP contribution in [0.15, 0.2) is 36.4 Å². The summed E-state index contributed by atoms with van der Waals surface area (Å²) in [4.78, 5) is 11.6. The average Bonchev–Trinajstić information content (AvgIpc) is 3.00. The molecule has 1 amide bonds. The summed E-state index contributed by atoms with van der Waals surface area (Å²) in [7, 11) is 0. The number of carbonyl (C=O) groups is 1. The Kier molecular flexibility index (Phi) is 4.49. The first kappa shape index (κ1) is 17.6. The van der Waals surface area contributed by atoms with Gasteiger partial charge in [0, 0.05) is 17.7 Å². The van der Waals surface area contributed by atoms with E-state index in [1.54, 1.807) is 38.1 Å². The quantitative estimate of drug-likeness (QED) is 0.765. The van der Waals surface area contributed by atoms with E-state index in [9.17, 15) is 18.0 Å². The molecule has 0 fully saturated rings. The van der Waals surface area contributed by atoms with Gasteiger partial charge in [-0.2, -0.15) is 17.7 Å². The standard InChI is InChI=1S/C16H14F3N5O2/c1-9(2)14(25)20-10-3-5-11(6-4-10)26-13-8-7-12-21-22-15(16(17,18)19)24(12)23-13/h3-9H,1-2H3,(H,20,25). The summed E-state index contributed by atoms with van der Waals surface area (Å²) in [5.41, 5.74) is 0.536. The van der Waals surface area contributed by atoms with Gasteiger partial charge in [0.1, 0.15) is 5.75 Å². The summed E-state index contributed by atoms with van der Waals surface area (Å²) in [6.07, 6.45) is -4.68. The van der Waals surface area contributed by atoms with E-state index < -0.39 is 12.0 Å². The molecule has 10 heteroatoms. The van der Waals surface area contributed by atoms with Gasteiger partial charge < -0.3 is 10.1 Å². The van der Waals surface area contributed by atoms with Crippen molar-refractivity contribution >= 4 is 17.2 Å². The van der Waals surface area contributed by atoms with Crippen molar-refractivity contribution in [1.82, 2.24) is 19.8 Å². The van der Waals surface area contributed by atoms with Gasteiger partial charge in [0.05, 0.1) is 0 Å². The molecular formula is C16H14F3N5O2. The second-order valence-corrected chi connectivity index (χ2v) is 5.73. The molecule has 3 aromatic rings. The lowest BCUT2D eigenvalue weighted by molar-refractivity contribution is -0.146. The molecule has 0 aliphatic heterocycles. The zero-order valence-electron chi connectivity index (χ0n) is 13.8. The molecule has 0 atom stereocenters. The molecule has 0 aliphatic carbocycles. The van der Waals surface area contributed by atoms with Crippen molar-refractivity contribution in [3.05, 3.63) is 42.2 Å². The van der Waals surface area contributed by atoms with E-state index in [2.05, 4.69) is 20.6 Å². The Morgan fingerprint density at radius 3 is 2.42 bits per heavy atom. The molecule has 0 saturated heterocycles. The van der Waals surface area contributed by atoms with E-state index in [1.807, 2.05) is 0 Å². The zero-order valence-corrected chi connectivity index (χ0v) is 13.8. The Balaban J connectivity index is 1.79. The SMILES string of the molecule is CC(C)C(=O)Nc1ccc(Oc2ccc3nnc(C(F)(F)F)n3n2)cc1. The minimum atomic E-state index is -4.68. The Morgan fingerprint density at radius 2 is 1.81 bits per heavy atom. The number of carbonyl (C=O) groups excluding carboxylic acids is 1. The number of amides is 1. The van der Waals surface area contributed by atoms with Gasteiger partial charge in [-0.15, -0.1) is 15.3 Å². The number of alkyl halides is 3. The highest BCUT2D eigenvalue weighted by atomic mass is 19.4. The van der Waals surface area contributed by atoms with Crippen LogP contribution in [0.5, 0.6) is 11.6 Å². The van der Waals surface area contributed by atoms with E-state index in [1.165, 1.54) is 12.1 Å². The van der Waals surface area contributed by atoms with Crippen LogP contribution < -0.4 is 10.1 Å². The lowest BCUT2D eigenvalue weighted by Crippen LogP contribution is -2.17. The summed E-state index contributed by atoms with van der Waals surface area (Å²) in [6.45, 7) is 3.55. The number of nitrogens with zero attached hydrogens (tertiary/aromatic N) is 4. The third-order valence-electron chi connectivity index (χ3n) is 3.36. The molecule has 3 rings (SSSR count). The molecule has 136 valence electrons. The number of nitrogens with one attached hydrogen (secondary N) is 1. The predicted octanol–water partition coefficient (Wildman–Crippen LogP) is 3.53. The number of benzene rings is 1. The van der Waals surface area contributed by atoms with Crippen LogP contribution in [0.2, 0.25) is 0 Å². The maximum absolute atomic E-state index is 12.9. The van der Waals surface area contributed by atoms with Gasteiger partial charge >= 0.3 is 6.18 Å². The molecule has 7 nitrogen and oxygen atoms in total. The van der Waals surface area contributed by atoms with E-state index in [0.29, 0.717) is 16.0 Å². The van der Waals surface area contributed by atoms with Gasteiger partial charge in [-0.05, 0) is 30.3 Å². The summed E-state index contributed by atoms with van der Waals surface area (Å²) >= 11 is 0. The third kappa shape index (κ3) is 3.73. The highest BCUT2D eigenvalue weighted by molar-refractivity contribution is 5.92. The maximum atomic E-state index is 12.9. The van der Waals surface area contributed by atoms with Crippen molar-refractivity contribution in [1.29, 1.82) is 0 Å². The van der Waals surface area contributed by atoms with Gasteiger partial charge in [-0.25, -0.2) is 0 Å². The van der Waals surface area contributed by atoms with Crippen LogP contribution in [0, 0.1) is 5.92 Å². The summed E-state index contributed by atoms with van der Waals surface area (Å²) in [6, 6.07) is 9.08. The first-order valence-corrected chi connectivity index (χ1v) is 7.62. The Labute approximate surface area is 145 Å². The first-order chi connectivity index (χ1) is 12.2. The van der Waals surface area contributed by atoms with E-state index in [0.717, 1.165) is 0 Å². The van der Waals surface area contributed by atoms with Crippen LogP contribution in [0.1, 0.15) is 19.7 Å². The minimum Gasteiger partial charge on any atom is -0.438 e. The number of hydrogen-bond acceptors (Lipinski definition) is 5. The third-order valence-corrected chi connectivity index (χ3v) is 3.36. The highest BCUT2D eigenvalue weighted by Crippen LogP contribution is 2.28. The fraction of sp³-hybridized carbons (Fsp3) is 0.250. The van der Waals surface area contributed by atoms with E-state index in [4.69, 9.17) is 4.74 Å². The van der Waals surface area contributed by atoms with Crippen LogP contribution in [0.4, 0.5) is 18.9 Å². The van der Waals surface area contributed by atoms with Gasteiger partial charge in [-0.3, -0.25) is 4.79 Å². The average molecular weight is 365 g/mol. The van der Waals surface area contributed by atoms with Gasteiger partial charge in [0.25, 0.3) is 5.82 Å². The van der Waals surface area contributed by atoms with Crippen molar-refractivity contribution < 1.29 is 22.7 Å². The van der Waals surface area contributed by atoms with Crippen LogP contribution in [0.3, 0.4) is 0 Å². The van der Waals surface area contributed by atoms with Crippen molar-refractivity contribution in [3.63, 3.8) is 0 Å². The summed E-state index contributed by atoms with van der Waals surface area (Å²) in [5.74, 6) is -1.22. The molecule has 1 N–H and O–H groups in total. The lowest BCUT2D eigenvalue weighted by atomic mass is 10.2. The molecular weight excluding hydrogens is 351 g/mol. The zero-order chi connectivity index (χ0) is 18.9. The molecule has 1 aromatic carbocycles. The molecule has 2 heterocycles. The molecule has 0 bridgehead atoms.